The van der Waals surface area contributed by atoms with Crippen molar-refractivity contribution >= 4 is 5.97 Å². The van der Waals surface area contributed by atoms with Gasteiger partial charge in [-0.15, -0.1) is 0 Å². The molecule has 98 valence electrons. The SMILES string of the molecule is O=C(O)c1ccc2c(c1)CN(CCOCCO)C2. The number of fused-ring (bicyclic) bond motifs is 1. The quantitative estimate of drug-likeness (QED) is 0.729. The van der Waals surface area contributed by atoms with Crippen molar-refractivity contribution in [2.24, 2.45) is 0 Å². The molecule has 5 heteroatoms. The number of nitrogens with zero attached hydrogens (tertiary/aromatic N) is 1. The summed E-state index contributed by atoms with van der Waals surface area (Å²) in [5.74, 6) is -0.887. The summed E-state index contributed by atoms with van der Waals surface area (Å²) in [6, 6.07) is 5.27. The maximum Gasteiger partial charge on any atom is 0.335 e. The standard InChI is InChI=1S/C13H17NO4/c15-4-6-18-5-3-14-8-11-2-1-10(13(16)17)7-12(11)9-14/h1-2,7,15H,3-6,8-9H2,(H,16,17). The van der Waals surface area contributed by atoms with E-state index in [1.807, 2.05) is 6.07 Å². The van der Waals surface area contributed by atoms with Gasteiger partial charge in [-0.3, -0.25) is 4.90 Å². The second-order valence-electron chi connectivity index (χ2n) is 4.34. The molecule has 0 radical (unpaired) electrons. The Morgan fingerprint density at radius 2 is 2.06 bits per heavy atom. The van der Waals surface area contributed by atoms with Gasteiger partial charge in [-0.05, 0) is 23.3 Å². The largest absolute Gasteiger partial charge is 0.478 e. The smallest absolute Gasteiger partial charge is 0.335 e. The van der Waals surface area contributed by atoms with Crippen LogP contribution in [0.15, 0.2) is 18.2 Å². The molecule has 0 saturated heterocycles. The first-order valence-corrected chi connectivity index (χ1v) is 5.97. The van der Waals surface area contributed by atoms with Crippen molar-refractivity contribution in [1.82, 2.24) is 4.90 Å². The van der Waals surface area contributed by atoms with Crippen molar-refractivity contribution in [3.8, 4) is 0 Å². The molecular weight excluding hydrogens is 234 g/mol. The van der Waals surface area contributed by atoms with Crippen molar-refractivity contribution in [1.29, 1.82) is 0 Å². The number of aliphatic hydroxyl groups is 1. The molecule has 0 aromatic heterocycles. The van der Waals surface area contributed by atoms with E-state index >= 15 is 0 Å². The molecule has 0 fully saturated rings. The molecule has 0 unspecified atom stereocenters. The van der Waals surface area contributed by atoms with Crippen LogP contribution in [-0.4, -0.2) is 47.4 Å². The fourth-order valence-corrected chi connectivity index (χ4v) is 2.12. The van der Waals surface area contributed by atoms with Gasteiger partial charge in [-0.25, -0.2) is 4.79 Å². The molecule has 2 rings (SSSR count). The van der Waals surface area contributed by atoms with Crippen LogP contribution < -0.4 is 0 Å². The minimum Gasteiger partial charge on any atom is -0.478 e. The third kappa shape index (κ3) is 3.07. The third-order valence-electron chi connectivity index (χ3n) is 3.03. The lowest BCUT2D eigenvalue weighted by Gasteiger charge is -2.14. The number of carbonyl (C=O) groups is 1. The van der Waals surface area contributed by atoms with Gasteiger partial charge in [0.05, 0.1) is 25.4 Å². The highest BCUT2D eigenvalue weighted by Crippen LogP contribution is 2.23. The van der Waals surface area contributed by atoms with E-state index in [0.29, 0.717) is 18.8 Å². The molecule has 1 heterocycles. The van der Waals surface area contributed by atoms with E-state index in [1.165, 1.54) is 5.56 Å². The highest BCUT2D eigenvalue weighted by molar-refractivity contribution is 5.87. The Morgan fingerprint density at radius 3 is 2.78 bits per heavy atom. The number of carboxylic acid groups (broad SMARTS) is 1. The van der Waals surface area contributed by atoms with E-state index in [4.69, 9.17) is 14.9 Å². The fourth-order valence-electron chi connectivity index (χ4n) is 2.12. The topological polar surface area (TPSA) is 70.0 Å². The maximum absolute atomic E-state index is 10.9. The number of ether oxygens (including phenoxy) is 1. The fraction of sp³-hybridized carbons (Fsp3) is 0.462. The summed E-state index contributed by atoms with van der Waals surface area (Å²) in [5, 5.41) is 17.5. The van der Waals surface area contributed by atoms with E-state index in [9.17, 15) is 4.79 Å². The van der Waals surface area contributed by atoms with Crippen LogP contribution in [-0.2, 0) is 17.8 Å². The first-order valence-electron chi connectivity index (χ1n) is 5.97. The summed E-state index contributed by atoms with van der Waals surface area (Å²) in [6.07, 6.45) is 0. The third-order valence-corrected chi connectivity index (χ3v) is 3.03. The first-order chi connectivity index (χ1) is 8.70. The van der Waals surface area contributed by atoms with Crippen molar-refractivity contribution in [3.05, 3.63) is 34.9 Å². The maximum atomic E-state index is 10.9. The summed E-state index contributed by atoms with van der Waals surface area (Å²) in [4.78, 5) is 13.1. The first kappa shape index (κ1) is 13.0. The van der Waals surface area contributed by atoms with Gasteiger partial charge in [0, 0.05) is 19.6 Å². The van der Waals surface area contributed by atoms with Gasteiger partial charge in [-0.1, -0.05) is 6.07 Å². The number of rotatable bonds is 6. The molecule has 1 aromatic rings. The summed E-state index contributed by atoms with van der Waals surface area (Å²) in [7, 11) is 0. The van der Waals surface area contributed by atoms with Gasteiger partial charge in [0.1, 0.15) is 0 Å². The van der Waals surface area contributed by atoms with Gasteiger partial charge in [0.25, 0.3) is 0 Å². The van der Waals surface area contributed by atoms with E-state index in [1.54, 1.807) is 12.1 Å². The lowest BCUT2D eigenvalue weighted by molar-refractivity contribution is 0.0696. The van der Waals surface area contributed by atoms with Crippen molar-refractivity contribution in [2.45, 2.75) is 13.1 Å². The Labute approximate surface area is 106 Å². The Kier molecular flexibility index (Phi) is 4.30. The summed E-state index contributed by atoms with van der Waals surface area (Å²) in [6.45, 7) is 3.38. The normalized spacial score (nSPS) is 14.7. The van der Waals surface area contributed by atoms with Crippen molar-refractivity contribution in [3.63, 3.8) is 0 Å². The van der Waals surface area contributed by atoms with Gasteiger partial charge in [0.2, 0.25) is 0 Å². The molecule has 1 aliphatic rings. The molecule has 0 spiro atoms. The molecule has 0 aliphatic carbocycles. The average molecular weight is 251 g/mol. The molecule has 1 aliphatic heterocycles. The highest BCUT2D eigenvalue weighted by atomic mass is 16.5. The highest BCUT2D eigenvalue weighted by Gasteiger charge is 2.19. The Morgan fingerprint density at radius 1 is 1.28 bits per heavy atom. The molecule has 2 N–H and O–H groups in total. The number of carboxylic acids is 1. The van der Waals surface area contributed by atoms with E-state index in [0.717, 1.165) is 25.2 Å². The zero-order valence-electron chi connectivity index (χ0n) is 10.1. The number of aliphatic hydroxyl groups excluding tert-OH is 1. The average Bonchev–Trinajstić information content (AvgIpc) is 2.76. The van der Waals surface area contributed by atoms with Crippen LogP contribution >= 0.6 is 0 Å². The van der Waals surface area contributed by atoms with E-state index in [-0.39, 0.29) is 6.61 Å². The van der Waals surface area contributed by atoms with Gasteiger partial charge in [-0.2, -0.15) is 0 Å². The number of hydrogen-bond donors (Lipinski definition) is 2. The zero-order chi connectivity index (χ0) is 13.0. The Balaban J connectivity index is 1.89. The summed E-state index contributed by atoms with van der Waals surface area (Å²) < 4.78 is 5.22. The molecule has 18 heavy (non-hydrogen) atoms. The minimum absolute atomic E-state index is 0.0438. The molecule has 0 saturated carbocycles. The van der Waals surface area contributed by atoms with E-state index < -0.39 is 5.97 Å². The predicted octanol–water partition coefficient (Wildman–Crippen LogP) is 0.709. The number of hydrogen-bond acceptors (Lipinski definition) is 4. The molecule has 0 bridgehead atoms. The van der Waals surface area contributed by atoms with Crippen molar-refractivity contribution < 1.29 is 19.7 Å². The summed E-state index contributed by atoms with van der Waals surface area (Å²) >= 11 is 0. The summed E-state index contributed by atoms with van der Waals surface area (Å²) in [5.41, 5.74) is 2.60. The van der Waals surface area contributed by atoms with Crippen LogP contribution in [0.1, 0.15) is 21.5 Å². The molecule has 0 atom stereocenters. The monoisotopic (exact) mass is 251 g/mol. The van der Waals surface area contributed by atoms with Crippen LogP contribution in [0.5, 0.6) is 0 Å². The second kappa shape index (κ2) is 5.95. The molecule has 1 aromatic carbocycles. The van der Waals surface area contributed by atoms with Gasteiger partial charge in [0.15, 0.2) is 0 Å². The van der Waals surface area contributed by atoms with Gasteiger partial charge >= 0.3 is 5.97 Å². The van der Waals surface area contributed by atoms with Crippen LogP contribution in [0.4, 0.5) is 0 Å². The van der Waals surface area contributed by atoms with Crippen LogP contribution in [0.3, 0.4) is 0 Å². The lowest BCUT2D eigenvalue weighted by atomic mass is 10.1. The van der Waals surface area contributed by atoms with Crippen LogP contribution in [0, 0.1) is 0 Å². The predicted molar refractivity (Wildman–Crippen MR) is 65.4 cm³/mol. The van der Waals surface area contributed by atoms with Crippen molar-refractivity contribution in [2.75, 3.05) is 26.4 Å². The zero-order valence-corrected chi connectivity index (χ0v) is 10.1. The Bertz CT molecular complexity index is 433. The van der Waals surface area contributed by atoms with E-state index in [2.05, 4.69) is 4.90 Å². The molecule has 5 nitrogen and oxygen atoms in total. The Hall–Kier alpha value is -1.43. The molecular formula is C13H17NO4. The van der Waals surface area contributed by atoms with Gasteiger partial charge < -0.3 is 14.9 Å². The number of aromatic carboxylic acids is 1. The molecule has 0 amide bonds. The minimum atomic E-state index is -0.887. The van der Waals surface area contributed by atoms with Crippen LogP contribution in [0.25, 0.3) is 0 Å². The van der Waals surface area contributed by atoms with Crippen LogP contribution in [0.2, 0.25) is 0 Å². The second-order valence-corrected chi connectivity index (χ2v) is 4.34. The number of benzene rings is 1. The lowest BCUT2D eigenvalue weighted by Crippen LogP contribution is -2.22.